The molecule has 0 atom stereocenters. The quantitative estimate of drug-likeness (QED) is 0.765. The maximum absolute atomic E-state index is 13.0. The molecule has 0 aliphatic rings. The monoisotopic (exact) mass is 243 g/mol. The second-order valence-electron chi connectivity index (χ2n) is 2.24. The predicted molar refractivity (Wildman–Crippen MR) is 47.8 cm³/mol. The Morgan fingerprint density at radius 2 is 1.85 bits per heavy atom. The smallest absolute Gasteiger partial charge is 0.225 e. The number of hydrogen-bond donors (Lipinski definition) is 1. The number of halogens is 3. The van der Waals surface area contributed by atoms with E-state index in [4.69, 9.17) is 28.3 Å². The van der Waals surface area contributed by atoms with Crippen molar-refractivity contribution in [3.8, 4) is 0 Å². The number of nitrogens with two attached hydrogens (primary N) is 1. The average Bonchev–Trinajstić information content (AvgIpc) is 1.94. The largest absolute Gasteiger partial charge is 0.241 e. The van der Waals surface area contributed by atoms with Crippen LogP contribution in [0.25, 0.3) is 0 Å². The van der Waals surface area contributed by atoms with E-state index in [1.54, 1.807) is 0 Å². The molecule has 1 rings (SSSR count). The van der Waals surface area contributed by atoms with E-state index in [-0.39, 0.29) is 10.0 Å². The van der Waals surface area contributed by atoms with Gasteiger partial charge in [0.05, 0.1) is 5.02 Å². The molecule has 0 aliphatic carbocycles. The Hall–Kier alpha value is -0.360. The Morgan fingerprint density at radius 3 is 2.31 bits per heavy atom. The van der Waals surface area contributed by atoms with E-state index in [9.17, 15) is 12.8 Å². The lowest BCUT2D eigenvalue weighted by atomic mass is 10.3. The molecule has 0 fully saturated rings. The molecule has 0 spiro atoms. The summed E-state index contributed by atoms with van der Waals surface area (Å²) in [4.78, 5) is -0.704. The van der Waals surface area contributed by atoms with Gasteiger partial charge in [-0.2, -0.15) is 0 Å². The number of benzene rings is 1. The van der Waals surface area contributed by atoms with Gasteiger partial charge in [0.25, 0.3) is 0 Å². The SMILES string of the molecule is NS(=O)(=O)c1cc(Cl)cc(Cl)c1F. The molecule has 13 heavy (non-hydrogen) atoms. The Bertz CT molecular complexity index is 446. The molecule has 0 radical (unpaired) electrons. The normalized spacial score (nSPS) is 11.7. The van der Waals surface area contributed by atoms with Gasteiger partial charge in [-0.3, -0.25) is 0 Å². The first-order chi connectivity index (χ1) is 5.82. The van der Waals surface area contributed by atoms with Gasteiger partial charge >= 0.3 is 0 Å². The molecular formula is C6H4Cl2FNO2S. The minimum atomic E-state index is -4.12. The summed E-state index contributed by atoms with van der Waals surface area (Å²) in [6.07, 6.45) is 0. The van der Waals surface area contributed by atoms with Crippen LogP contribution in [0, 0.1) is 5.82 Å². The Balaban J connectivity index is 3.56. The van der Waals surface area contributed by atoms with Gasteiger partial charge in [0.15, 0.2) is 5.82 Å². The summed E-state index contributed by atoms with van der Waals surface area (Å²) >= 11 is 10.8. The lowest BCUT2D eigenvalue weighted by Gasteiger charge is -2.02. The minimum Gasteiger partial charge on any atom is -0.225 e. The summed E-state index contributed by atoms with van der Waals surface area (Å²) in [6, 6.07) is 1.99. The predicted octanol–water partition coefficient (Wildman–Crippen LogP) is 1.78. The summed E-state index contributed by atoms with van der Waals surface area (Å²) in [5.41, 5.74) is 0. The van der Waals surface area contributed by atoms with E-state index in [0.717, 1.165) is 12.1 Å². The van der Waals surface area contributed by atoms with Gasteiger partial charge in [-0.05, 0) is 12.1 Å². The van der Waals surface area contributed by atoms with Crippen LogP contribution < -0.4 is 5.14 Å². The average molecular weight is 244 g/mol. The molecule has 72 valence electrons. The molecular weight excluding hydrogens is 240 g/mol. The summed E-state index contributed by atoms with van der Waals surface area (Å²) in [5, 5.41) is 4.34. The van der Waals surface area contributed by atoms with Gasteiger partial charge in [-0.15, -0.1) is 0 Å². The van der Waals surface area contributed by atoms with Crippen molar-refractivity contribution in [3.63, 3.8) is 0 Å². The first kappa shape index (κ1) is 10.7. The number of primary sulfonamides is 1. The molecule has 3 nitrogen and oxygen atoms in total. The van der Waals surface area contributed by atoms with Gasteiger partial charge in [0.2, 0.25) is 10.0 Å². The van der Waals surface area contributed by atoms with Crippen LogP contribution in [-0.2, 0) is 10.0 Å². The van der Waals surface area contributed by atoms with Gasteiger partial charge in [-0.1, -0.05) is 23.2 Å². The standard InChI is InChI=1S/C6H4Cl2FNO2S/c7-3-1-4(8)6(9)5(2-3)13(10,11)12/h1-2H,(H2,10,11,12). The van der Waals surface area contributed by atoms with Gasteiger partial charge < -0.3 is 0 Å². The van der Waals surface area contributed by atoms with Gasteiger partial charge in [0, 0.05) is 5.02 Å². The van der Waals surface area contributed by atoms with E-state index < -0.39 is 20.7 Å². The fraction of sp³-hybridized carbons (Fsp3) is 0. The van der Waals surface area contributed by atoms with Crippen molar-refractivity contribution in [3.05, 3.63) is 28.0 Å². The van der Waals surface area contributed by atoms with Crippen LogP contribution in [0.5, 0.6) is 0 Å². The molecule has 0 saturated heterocycles. The molecule has 7 heteroatoms. The molecule has 0 bridgehead atoms. The van der Waals surface area contributed by atoms with Gasteiger partial charge in [0.1, 0.15) is 4.90 Å². The molecule has 1 aromatic carbocycles. The molecule has 0 saturated carbocycles. The van der Waals surface area contributed by atoms with Crippen molar-refractivity contribution in [2.24, 2.45) is 5.14 Å². The second-order valence-corrected chi connectivity index (χ2v) is 4.62. The van der Waals surface area contributed by atoms with Crippen LogP contribution in [0.1, 0.15) is 0 Å². The Morgan fingerprint density at radius 1 is 1.31 bits per heavy atom. The van der Waals surface area contributed by atoms with Crippen LogP contribution in [0.3, 0.4) is 0 Å². The highest BCUT2D eigenvalue weighted by molar-refractivity contribution is 7.89. The molecule has 0 aromatic heterocycles. The molecule has 1 aromatic rings. The van der Waals surface area contributed by atoms with Crippen LogP contribution in [-0.4, -0.2) is 8.42 Å². The molecule has 2 N–H and O–H groups in total. The highest BCUT2D eigenvalue weighted by atomic mass is 35.5. The first-order valence-corrected chi connectivity index (χ1v) is 5.30. The fourth-order valence-corrected chi connectivity index (χ4v) is 2.00. The van der Waals surface area contributed by atoms with E-state index in [0.29, 0.717) is 0 Å². The zero-order valence-electron chi connectivity index (χ0n) is 6.09. The van der Waals surface area contributed by atoms with Crippen LogP contribution in [0.4, 0.5) is 4.39 Å². The van der Waals surface area contributed by atoms with Crippen molar-refractivity contribution >= 4 is 33.2 Å². The summed E-state index contributed by atoms with van der Waals surface area (Å²) in [5.74, 6) is -1.09. The lowest BCUT2D eigenvalue weighted by Crippen LogP contribution is -2.14. The summed E-state index contributed by atoms with van der Waals surface area (Å²) in [6.45, 7) is 0. The van der Waals surface area contributed by atoms with Crippen LogP contribution in [0.15, 0.2) is 17.0 Å². The second kappa shape index (κ2) is 3.42. The van der Waals surface area contributed by atoms with Crippen molar-refractivity contribution < 1.29 is 12.8 Å². The lowest BCUT2D eigenvalue weighted by molar-refractivity contribution is 0.568. The Labute approximate surface area is 84.3 Å². The molecule has 0 heterocycles. The number of hydrogen-bond acceptors (Lipinski definition) is 2. The van der Waals surface area contributed by atoms with Gasteiger partial charge in [-0.25, -0.2) is 17.9 Å². The zero-order chi connectivity index (χ0) is 10.2. The summed E-state index contributed by atoms with van der Waals surface area (Å²) in [7, 11) is -4.12. The van der Waals surface area contributed by atoms with Crippen molar-refractivity contribution in [1.29, 1.82) is 0 Å². The highest BCUT2D eigenvalue weighted by Gasteiger charge is 2.17. The minimum absolute atomic E-state index is 0.00965. The Kier molecular flexibility index (Phi) is 2.82. The maximum Gasteiger partial charge on any atom is 0.241 e. The molecule has 0 aliphatic heterocycles. The molecule has 0 unspecified atom stereocenters. The highest BCUT2D eigenvalue weighted by Crippen LogP contribution is 2.25. The number of rotatable bonds is 1. The maximum atomic E-state index is 13.0. The first-order valence-electron chi connectivity index (χ1n) is 2.99. The van der Waals surface area contributed by atoms with Crippen molar-refractivity contribution in [2.45, 2.75) is 4.90 Å². The van der Waals surface area contributed by atoms with E-state index in [2.05, 4.69) is 0 Å². The van der Waals surface area contributed by atoms with Crippen molar-refractivity contribution in [2.75, 3.05) is 0 Å². The van der Waals surface area contributed by atoms with Crippen molar-refractivity contribution in [1.82, 2.24) is 0 Å². The third-order valence-corrected chi connectivity index (χ3v) is 2.67. The third kappa shape index (κ3) is 2.31. The topological polar surface area (TPSA) is 60.2 Å². The third-order valence-electron chi connectivity index (χ3n) is 1.27. The van der Waals surface area contributed by atoms with E-state index in [1.165, 1.54) is 0 Å². The zero-order valence-corrected chi connectivity index (χ0v) is 8.42. The fourth-order valence-electron chi connectivity index (χ4n) is 0.739. The number of sulfonamides is 1. The van der Waals surface area contributed by atoms with Crippen LogP contribution >= 0.6 is 23.2 Å². The summed E-state index contributed by atoms with van der Waals surface area (Å²) < 4.78 is 34.6. The molecule has 0 amide bonds. The van der Waals surface area contributed by atoms with Crippen LogP contribution in [0.2, 0.25) is 10.0 Å². The van der Waals surface area contributed by atoms with E-state index >= 15 is 0 Å². The van der Waals surface area contributed by atoms with E-state index in [1.807, 2.05) is 0 Å².